The summed E-state index contributed by atoms with van der Waals surface area (Å²) in [6, 6.07) is 30.2. The number of rotatable bonds is 10. The van der Waals surface area contributed by atoms with E-state index in [0.717, 1.165) is 22.4 Å². The molecule has 0 aliphatic rings. The predicted octanol–water partition coefficient (Wildman–Crippen LogP) is 4.64. The number of nitrogens with zero attached hydrogens (tertiary/aromatic N) is 1. The van der Waals surface area contributed by atoms with Crippen LogP contribution < -0.4 is 10.1 Å². The first kappa shape index (κ1) is 19.6. The van der Waals surface area contributed by atoms with E-state index in [4.69, 9.17) is 14.7 Å². The summed E-state index contributed by atoms with van der Waals surface area (Å²) in [6.07, 6.45) is 0. The molecule has 3 aromatic carbocycles. The average molecular weight is 372 g/mol. The molecule has 0 spiro atoms. The summed E-state index contributed by atoms with van der Waals surface area (Å²) in [7, 11) is 0. The average Bonchev–Trinajstić information content (AvgIpc) is 2.76. The monoisotopic (exact) mass is 372 g/mol. The first-order valence-electron chi connectivity index (χ1n) is 9.34. The molecule has 1 atom stereocenters. The number of hydrogen-bond acceptors (Lipinski definition) is 4. The van der Waals surface area contributed by atoms with Crippen LogP contribution in [-0.2, 0) is 18.0 Å². The van der Waals surface area contributed by atoms with Gasteiger partial charge in [-0.15, -0.1) is 0 Å². The minimum atomic E-state index is -0.0495. The van der Waals surface area contributed by atoms with Crippen LogP contribution in [0.2, 0.25) is 0 Å². The van der Waals surface area contributed by atoms with E-state index in [-0.39, 0.29) is 12.6 Å². The third kappa shape index (κ3) is 6.24. The summed E-state index contributed by atoms with van der Waals surface area (Å²) in [5.41, 5.74) is 3.33. The Morgan fingerprint density at radius 3 is 2.00 bits per heavy atom. The molecule has 28 heavy (non-hydrogen) atoms. The largest absolute Gasteiger partial charge is 0.489 e. The SMILES string of the molecule is N#CCNC(COCc1ccccc1)c1ccc(OCc2ccccc2)cc1. The van der Waals surface area contributed by atoms with Gasteiger partial charge >= 0.3 is 0 Å². The molecule has 4 nitrogen and oxygen atoms in total. The van der Waals surface area contributed by atoms with Gasteiger partial charge in [-0.3, -0.25) is 5.32 Å². The molecule has 0 aromatic heterocycles. The molecule has 1 N–H and O–H groups in total. The minimum Gasteiger partial charge on any atom is -0.489 e. The van der Waals surface area contributed by atoms with E-state index in [0.29, 0.717) is 19.8 Å². The predicted molar refractivity (Wildman–Crippen MR) is 110 cm³/mol. The maximum absolute atomic E-state index is 8.91. The van der Waals surface area contributed by atoms with E-state index < -0.39 is 0 Å². The Kier molecular flexibility index (Phi) is 7.63. The zero-order chi connectivity index (χ0) is 19.4. The summed E-state index contributed by atoms with van der Waals surface area (Å²) in [6.45, 7) is 1.84. The Morgan fingerprint density at radius 2 is 1.39 bits per heavy atom. The van der Waals surface area contributed by atoms with Crippen molar-refractivity contribution in [2.24, 2.45) is 0 Å². The van der Waals surface area contributed by atoms with Crippen molar-refractivity contribution in [2.75, 3.05) is 13.2 Å². The van der Waals surface area contributed by atoms with Crippen LogP contribution in [0.15, 0.2) is 84.9 Å². The molecule has 3 aromatic rings. The van der Waals surface area contributed by atoms with Crippen LogP contribution in [0.25, 0.3) is 0 Å². The Hall–Kier alpha value is -3.13. The van der Waals surface area contributed by atoms with E-state index in [1.54, 1.807) is 0 Å². The van der Waals surface area contributed by atoms with Crippen molar-refractivity contribution in [3.63, 3.8) is 0 Å². The molecule has 1 unspecified atom stereocenters. The van der Waals surface area contributed by atoms with Crippen molar-refractivity contribution < 1.29 is 9.47 Å². The second-order valence-corrected chi connectivity index (χ2v) is 6.44. The smallest absolute Gasteiger partial charge is 0.119 e. The van der Waals surface area contributed by atoms with Crippen LogP contribution >= 0.6 is 0 Å². The summed E-state index contributed by atoms with van der Waals surface area (Å²) in [5.74, 6) is 0.817. The van der Waals surface area contributed by atoms with E-state index in [2.05, 4.69) is 11.4 Å². The number of ether oxygens (including phenoxy) is 2. The standard InChI is InChI=1S/C24H24N2O2/c25-15-16-26-24(19-27-17-20-7-3-1-4-8-20)22-11-13-23(14-12-22)28-18-21-9-5-2-6-10-21/h1-14,24,26H,16-19H2. The van der Waals surface area contributed by atoms with Crippen molar-refractivity contribution in [3.8, 4) is 11.8 Å². The molecule has 0 saturated carbocycles. The second-order valence-electron chi connectivity index (χ2n) is 6.44. The minimum absolute atomic E-state index is 0.0495. The molecular formula is C24H24N2O2. The molecule has 0 aliphatic carbocycles. The summed E-state index contributed by atoms with van der Waals surface area (Å²) < 4.78 is 11.7. The van der Waals surface area contributed by atoms with Gasteiger partial charge in [-0.1, -0.05) is 72.8 Å². The molecule has 0 amide bonds. The van der Waals surface area contributed by atoms with Gasteiger partial charge in [0.15, 0.2) is 0 Å². The summed E-state index contributed by atoms with van der Waals surface area (Å²) in [4.78, 5) is 0. The van der Waals surface area contributed by atoms with Gasteiger partial charge in [-0.05, 0) is 28.8 Å². The van der Waals surface area contributed by atoms with Crippen molar-refractivity contribution >= 4 is 0 Å². The highest BCUT2D eigenvalue weighted by molar-refractivity contribution is 5.30. The highest BCUT2D eigenvalue weighted by Crippen LogP contribution is 2.20. The topological polar surface area (TPSA) is 54.3 Å². The van der Waals surface area contributed by atoms with Gasteiger partial charge in [0.2, 0.25) is 0 Å². The fraction of sp³-hybridized carbons (Fsp3) is 0.208. The van der Waals surface area contributed by atoms with Crippen molar-refractivity contribution in [1.29, 1.82) is 5.26 Å². The molecule has 4 heteroatoms. The Morgan fingerprint density at radius 1 is 0.786 bits per heavy atom. The number of hydrogen-bond donors (Lipinski definition) is 1. The van der Waals surface area contributed by atoms with Crippen LogP contribution in [0.5, 0.6) is 5.75 Å². The molecule has 142 valence electrons. The number of nitrogens with one attached hydrogen (secondary N) is 1. The molecule has 0 bridgehead atoms. The molecule has 0 saturated heterocycles. The third-order valence-corrected chi connectivity index (χ3v) is 4.35. The van der Waals surface area contributed by atoms with E-state index in [1.807, 2.05) is 84.9 Å². The highest BCUT2D eigenvalue weighted by Gasteiger charge is 2.11. The fourth-order valence-electron chi connectivity index (χ4n) is 2.85. The normalized spacial score (nSPS) is 11.5. The number of nitriles is 1. The lowest BCUT2D eigenvalue weighted by atomic mass is 10.1. The van der Waals surface area contributed by atoms with Crippen LogP contribution in [0, 0.1) is 11.3 Å². The molecule has 0 heterocycles. The number of benzene rings is 3. The Labute approximate surface area is 166 Å². The van der Waals surface area contributed by atoms with Crippen LogP contribution in [0.3, 0.4) is 0 Å². The molecule has 0 fully saturated rings. The van der Waals surface area contributed by atoms with Gasteiger partial charge in [-0.2, -0.15) is 5.26 Å². The van der Waals surface area contributed by atoms with E-state index in [1.165, 1.54) is 0 Å². The molecule has 0 radical (unpaired) electrons. The molecule has 3 rings (SSSR count). The first-order valence-corrected chi connectivity index (χ1v) is 9.34. The van der Waals surface area contributed by atoms with Gasteiger partial charge in [0.25, 0.3) is 0 Å². The van der Waals surface area contributed by atoms with Crippen molar-refractivity contribution in [1.82, 2.24) is 5.32 Å². The zero-order valence-electron chi connectivity index (χ0n) is 15.8. The molecular weight excluding hydrogens is 348 g/mol. The van der Waals surface area contributed by atoms with Gasteiger partial charge in [-0.25, -0.2) is 0 Å². The summed E-state index contributed by atoms with van der Waals surface area (Å²) in [5, 5.41) is 12.1. The quantitative estimate of drug-likeness (QED) is 0.527. The first-order chi connectivity index (χ1) is 13.8. The van der Waals surface area contributed by atoms with Crippen molar-refractivity contribution in [3.05, 3.63) is 102 Å². The zero-order valence-corrected chi connectivity index (χ0v) is 15.8. The van der Waals surface area contributed by atoms with E-state index in [9.17, 15) is 0 Å². The van der Waals surface area contributed by atoms with Crippen LogP contribution in [0.4, 0.5) is 0 Å². The lowest BCUT2D eigenvalue weighted by molar-refractivity contribution is 0.0996. The summed E-state index contributed by atoms with van der Waals surface area (Å²) >= 11 is 0. The highest BCUT2D eigenvalue weighted by atomic mass is 16.5. The van der Waals surface area contributed by atoms with Gasteiger partial charge in [0.05, 0.1) is 31.9 Å². The lowest BCUT2D eigenvalue weighted by Crippen LogP contribution is -2.26. The van der Waals surface area contributed by atoms with Crippen LogP contribution in [-0.4, -0.2) is 13.2 Å². The van der Waals surface area contributed by atoms with Crippen LogP contribution in [0.1, 0.15) is 22.7 Å². The van der Waals surface area contributed by atoms with Gasteiger partial charge in [0, 0.05) is 0 Å². The Balaban J connectivity index is 1.56. The maximum atomic E-state index is 8.91. The van der Waals surface area contributed by atoms with E-state index >= 15 is 0 Å². The molecule has 0 aliphatic heterocycles. The second kappa shape index (κ2) is 10.9. The van der Waals surface area contributed by atoms with Gasteiger partial charge < -0.3 is 9.47 Å². The lowest BCUT2D eigenvalue weighted by Gasteiger charge is -2.18. The van der Waals surface area contributed by atoms with Crippen molar-refractivity contribution in [2.45, 2.75) is 19.3 Å². The fourth-order valence-corrected chi connectivity index (χ4v) is 2.85. The maximum Gasteiger partial charge on any atom is 0.119 e. The Bertz CT molecular complexity index is 859. The van der Waals surface area contributed by atoms with Gasteiger partial charge in [0.1, 0.15) is 12.4 Å². The third-order valence-electron chi connectivity index (χ3n) is 4.35.